The van der Waals surface area contributed by atoms with Crippen LogP contribution in [-0.2, 0) is 4.79 Å². The van der Waals surface area contributed by atoms with Crippen molar-refractivity contribution >= 4 is 11.9 Å². The van der Waals surface area contributed by atoms with Crippen LogP contribution in [0.3, 0.4) is 0 Å². The summed E-state index contributed by atoms with van der Waals surface area (Å²) >= 11 is 0. The highest BCUT2D eigenvalue weighted by molar-refractivity contribution is 5.76. The van der Waals surface area contributed by atoms with E-state index in [-0.39, 0.29) is 17.8 Å². The van der Waals surface area contributed by atoms with Crippen LogP contribution in [0.5, 0.6) is 0 Å². The molecule has 1 aliphatic rings. The van der Waals surface area contributed by atoms with E-state index in [0.29, 0.717) is 6.54 Å². The Labute approximate surface area is 75.8 Å². The molecule has 1 fully saturated rings. The standard InChI is InChI=1S/C7H14N4O2/c8-5(6(12)13)4-1-3(4)2-11-7(9)10/h3-5H,1-2,8H2,(H,12,13)(H4,9,10,11)/t3?,4?,5-/m0/s1. The Kier molecular flexibility index (Phi) is 2.72. The van der Waals surface area contributed by atoms with E-state index in [1.807, 2.05) is 0 Å². The Bertz CT molecular complexity index is 237. The van der Waals surface area contributed by atoms with Crippen molar-refractivity contribution in [1.82, 2.24) is 0 Å². The summed E-state index contributed by atoms with van der Waals surface area (Å²) < 4.78 is 0. The number of aliphatic carboxylic acids is 1. The van der Waals surface area contributed by atoms with Gasteiger partial charge in [-0.3, -0.25) is 9.79 Å². The van der Waals surface area contributed by atoms with Gasteiger partial charge in [0, 0.05) is 6.54 Å². The van der Waals surface area contributed by atoms with Crippen molar-refractivity contribution in [3.05, 3.63) is 0 Å². The molecule has 0 radical (unpaired) electrons. The van der Waals surface area contributed by atoms with Crippen LogP contribution < -0.4 is 17.2 Å². The molecular formula is C7H14N4O2. The van der Waals surface area contributed by atoms with Crippen LogP contribution in [0.2, 0.25) is 0 Å². The van der Waals surface area contributed by atoms with Crippen molar-refractivity contribution in [2.24, 2.45) is 34.0 Å². The van der Waals surface area contributed by atoms with E-state index in [0.717, 1.165) is 6.42 Å². The average molecular weight is 186 g/mol. The highest BCUT2D eigenvalue weighted by Gasteiger charge is 2.44. The quantitative estimate of drug-likeness (QED) is 0.307. The molecule has 0 amide bonds. The number of rotatable bonds is 4. The number of hydrogen-bond acceptors (Lipinski definition) is 3. The van der Waals surface area contributed by atoms with E-state index in [1.54, 1.807) is 0 Å². The van der Waals surface area contributed by atoms with Gasteiger partial charge in [0.05, 0.1) is 0 Å². The lowest BCUT2D eigenvalue weighted by atomic mass is 10.1. The topological polar surface area (TPSA) is 128 Å². The van der Waals surface area contributed by atoms with Gasteiger partial charge < -0.3 is 22.3 Å². The molecule has 74 valence electrons. The largest absolute Gasteiger partial charge is 0.480 e. The second kappa shape index (κ2) is 3.61. The zero-order chi connectivity index (χ0) is 10.0. The molecule has 0 heterocycles. The second-order valence-electron chi connectivity index (χ2n) is 3.29. The van der Waals surface area contributed by atoms with Crippen LogP contribution in [-0.4, -0.2) is 29.6 Å². The fraction of sp³-hybridized carbons (Fsp3) is 0.714. The van der Waals surface area contributed by atoms with E-state index in [9.17, 15) is 4.79 Å². The second-order valence-corrected chi connectivity index (χ2v) is 3.29. The normalized spacial score (nSPS) is 27.8. The lowest BCUT2D eigenvalue weighted by Gasteiger charge is -2.03. The number of carboxylic acids is 1. The molecule has 0 aromatic rings. The number of hydrogen-bond donors (Lipinski definition) is 4. The summed E-state index contributed by atoms with van der Waals surface area (Å²) in [5.41, 5.74) is 15.7. The first-order valence-corrected chi connectivity index (χ1v) is 4.06. The number of aliphatic imine (C=N–C) groups is 1. The van der Waals surface area contributed by atoms with Crippen LogP contribution in [0.1, 0.15) is 6.42 Å². The first-order chi connectivity index (χ1) is 6.02. The van der Waals surface area contributed by atoms with Crippen molar-refractivity contribution in [1.29, 1.82) is 0 Å². The molecule has 1 rings (SSSR count). The Morgan fingerprint density at radius 3 is 2.69 bits per heavy atom. The molecule has 1 aliphatic carbocycles. The maximum absolute atomic E-state index is 10.5. The highest BCUT2D eigenvalue weighted by atomic mass is 16.4. The average Bonchev–Trinajstić information content (AvgIpc) is 2.78. The lowest BCUT2D eigenvalue weighted by molar-refractivity contribution is -0.139. The molecule has 3 atom stereocenters. The molecule has 6 heteroatoms. The summed E-state index contributed by atoms with van der Waals surface area (Å²) in [6, 6.07) is -0.779. The fourth-order valence-corrected chi connectivity index (χ4v) is 1.33. The van der Waals surface area contributed by atoms with Crippen molar-refractivity contribution < 1.29 is 9.90 Å². The molecule has 2 unspecified atom stereocenters. The number of nitrogens with zero attached hydrogens (tertiary/aromatic N) is 1. The van der Waals surface area contributed by atoms with Gasteiger partial charge in [0.15, 0.2) is 5.96 Å². The van der Waals surface area contributed by atoms with E-state index in [2.05, 4.69) is 4.99 Å². The smallest absolute Gasteiger partial charge is 0.320 e. The minimum absolute atomic E-state index is 0.0283. The molecule has 0 aromatic carbocycles. The van der Waals surface area contributed by atoms with Crippen molar-refractivity contribution in [2.45, 2.75) is 12.5 Å². The van der Waals surface area contributed by atoms with Gasteiger partial charge in [-0.1, -0.05) is 0 Å². The Morgan fingerprint density at radius 2 is 2.23 bits per heavy atom. The number of nitrogens with two attached hydrogens (primary N) is 3. The molecule has 6 nitrogen and oxygen atoms in total. The van der Waals surface area contributed by atoms with E-state index in [1.165, 1.54) is 0 Å². The van der Waals surface area contributed by atoms with Crippen LogP contribution in [0, 0.1) is 11.8 Å². The van der Waals surface area contributed by atoms with Crippen LogP contribution in [0.4, 0.5) is 0 Å². The lowest BCUT2D eigenvalue weighted by Crippen LogP contribution is -2.33. The van der Waals surface area contributed by atoms with Gasteiger partial charge in [-0.15, -0.1) is 0 Å². The molecular weight excluding hydrogens is 172 g/mol. The van der Waals surface area contributed by atoms with Gasteiger partial charge in [-0.2, -0.15) is 0 Å². The molecule has 0 aliphatic heterocycles. The Morgan fingerprint density at radius 1 is 1.62 bits per heavy atom. The summed E-state index contributed by atoms with van der Waals surface area (Å²) in [5.74, 6) is -0.666. The summed E-state index contributed by atoms with van der Waals surface area (Å²) in [4.78, 5) is 14.3. The van der Waals surface area contributed by atoms with E-state index >= 15 is 0 Å². The third kappa shape index (κ3) is 2.59. The Balaban J connectivity index is 2.30. The summed E-state index contributed by atoms with van der Waals surface area (Å²) in [7, 11) is 0. The third-order valence-electron chi connectivity index (χ3n) is 2.23. The maximum atomic E-state index is 10.5. The zero-order valence-electron chi connectivity index (χ0n) is 7.18. The van der Waals surface area contributed by atoms with E-state index in [4.69, 9.17) is 22.3 Å². The molecule has 1 saturated carbocycles. The molecule has 0 saturated heterocycles. The van der Waals surface area contributed by atoms with Gasteiger partial charge in [0.2, 0.25) is 0 Å². The minimum atomic E-state index is -0.961. The monoisotopic (exact) mass is 186 g/mol. The third-order valence-corrected chi connectivity index (χ3v) is 2.23. The van der Waals surface area contributed by atoms with Gasteiger partial charge >= 0.3 is 5.97 Å². The van der Waals surface area contributed by atoms with Gasteiger partial charge in [-0.25, -0.2) is 0 Å². The van der Waals surface area contributed by atoms with Gasteiger partial charge in [0.25, 0.3) is 0 Å². The SMILES string of the molecule is NC(N)=NCC1CC1[C@H](N)C(=O)O. The molecule has 0 bridgehead atoms. The Hall–Kier alpha value is -1.30. The molecule has 0 aromatic heterocycles. The van der Waals surface area contributed by atoms with Gasteiger partial charge in [0.1, 0.15) is 6.04 Å². The molecule has 0 spiro atoms. The van der Waals surface area contributed by atoms with Gasteiger partial charge in [-0.05, 0) is 18.3 Å². The number of carbonyl (C=O) groups is 1. The van der Waals surface area contributed by atoms with E-state index < -0.39 is 12.0 Å². The number of carboxylic acid groups (broad SMARTS) is 1. The van der Waals surface area contributed by atoms with Crippen LogP contribution >= 0.6 is 0 Å². The highest BCUT2D eigenvalue weighted by Crippen LogP contribution is 2.40. The van der Waals surface area contributed by atoms with Crippen LogP contribution in [0.25, 0.3) is 0 Å². The van der Waals surface area contributed by atoms with Crippen molar-refractivity contribution in [3.8, 4) is 0 Å². The first-order valence-electron chi connectivity index (χ1n) is 4.06. The number of guanidine groups is 1. The van der Waals surface area contributed by atoms with Crippen molar-refractivity contribution in [3.63, 3.8) is 0 Å². The first kappa shape index (κ1) is 9.79. The predicted molar refractivity (Wildman–Crippen MR) is 47.9 cm³/mol. The molecule has 7 N–H and O–H groups in total. The maximum Gasteiger partial charge on any atom is 0.320 e. The fourth-order valence-electron chi connectivity index (χ4n) is 1.33. The minimum Gasteiger partial charge on any atom is -0.480 e. The van der Waals surface area contributed by atoms with Crippen LogP contribution in [0.15, 0.2) is 4.99 Å². The summed E-state index contributed by atoms with van der Waals surface area (Å²) in [5, 5.41) is 8.58. The van der Waals surface area contributed by atoms with Crippen molar-refractivity contribution in [2.75, 3.05) is 6.54 Å². The molecule has 13 heavy (non-hydrogen) atoms. The zero-order valence-corrected chi connectivity index (χ0v) is 7.18. The summed E-state index contributed by atoms with van der Waals surface area (Å²) in [6.45, 7) is 0.480. The summed E-state index contributed by atoms with van der Waals surface area (Å²) in [6.07, 6.45) is 0.796. The predicted octanol–water partition coefficient (Wildman–Crippen LogP) is -1.69.